The summed E-state index contributed by atoms with van der Waals surface area (Å²) in [6.07, 6.45) is 6.25. The largest absolute Gasteiger partial charge is 0.339 e. The summed E-state index contributed by atoms with van der Waals surface area (Å²) in [6, 6.07) is 4.90. The van der Waals surface area contributed by atoms with Gasteiger partial charge in [-0.15, -0.1) is 23.7 Å². The number of carbonyl (C=O) groups excluding carboxylic acids is 1. The van der Waals surface area contributed by atoms with E-state index in [1.807, 2.05) is 11.9 Å². The fourth-order valence-electron chi connectivity index (χ4n) is 3.66. The quantitative estimate of drug-likeness (QED) is 0.922. The first-order valence-electron chi connectivity index (χ1n) is 7.70. The number of nitrogens with one attached hydrogen (secondary N) is 1. The molecule has 1 aromatic heterocycles. The third-order valence-electron chi connectivity index (χ3n) is 4.73. The number of likely N-dealkylation sites (N-methyl/N-ethyl adjacent to an activating group) is 1. The Morgan fingerprint density at radius 1 is 1.38 bits per heavy atom. The first-order valence-corrected chi connectivity index (χ1v) is 8.51. The van der Waals surface area contributed by atoms with Crippen LogP contribution >= 0.6 is 23.7 Å². The van der Waals surface area contributed by atoms with E-state index in [-0.39, 0.29) is 24.4 Å². The van der Waals surface area contributed by atoms with Crippen LogP contribution in [-0.2, 0) is 11.3 Å². The molecule has 0 aromatic carbocycles. The van der Waals surface area contributed by atoms with Crippen molar-refractivity contribution >= 4 is 29.7 Å². The minimum absolute atomic E-state index is 0. The summed E-state index contributed by atoms with van der Waals surface area (Å²) >= 11 is 1.78. The molecule has 1 saturated heterocycles. The lowest BCUT2D eigenvalue weighted by Gasteiger charge is -2.24. The van der Waals surface area contributed by atoms with Gasteiger partial charge in [0.2, 0.25) is 5.91 Å². The summed E-state index contributed by atoms with van der Waals surface area (Å²) in [5.74, 6) is 1.00. The third kappa shape index (κ3) is 3.79. The van der Waals surface area contributed by atoms with E-state index in [2.05, 4.69) is 24.4 Å². The number of fused-ring (bicyclic) bond motifs is 1. The molecule has 0 spiro atoms. The van der Waals surface area contributed by atoms with Gasteiger partial charge in [0.1, 0.15) is 0 Å². The number of amides is 1. The van der Waals surface area contributed by atoms with Gasteiger partial charge >= 0.3 is 0 Å². The molecule has 0 radical (unpaired) electrons. The van der Waals surface area contributed by atoms with Gasteiger partial charge in [-0.25, -0.2) is 0 Å². The van der Waals surface area contributed by atoms with Gasteiger partial charge in [-0.3, -0.25) is 4.79 Å². The first kappa shape index (κ1) is 16.8. The van der Waals surface area contributed by atoms with Crippen LogP contribution in [0, 0.1) is 12.8 Å². The highest BCUT2D eigenvalue weighted by Crippen LogP contribution is 2.33. The second-order valence-corrected chi connectivity index (χ2v) is 7.69. The first-order chi connectivity index (χ1) is 9.63. The van der Waals surface area contributed by atoms with Crippen molar-refractivity contribution < 1.29 is 4.79 Å². The summed E-state index contributed by atoms with van der Waals surface area (Å²) in [5.41, 5.74) is 0. The highest BCUT2D eigenvalue weighted by Gasteiger charge is 2.39. The zero-order valence-electron chi connectivity index (χ0n) is 12.8. The number of aryl methyl sites for hydroxylation is 1. The summed E-state index contributed by atoms with van der Waals surface area (Å²) < 4.78 is 0. The van der Waals surface area contributed by atoms with Crippen molar-refractivity contribution in [1.82, 2.24) is 10.2 Å². The number of thiophene rings is 1. The predicted octanol–water partition coefficient (Wildman–Crippen LogP) is 3.36. The number of nitrogens with zero attached hydrogens (tertiary/aromatic N) is 1. The Labute approximate surface area is 137 Å². The van der Waals surface area contributed by atoms with Gasteiger partial charge in [-0.05, 0) is 44.2 Å². The van der Waals surface area contributed by atoms with Crippen LogP contribution in [0.15, 0.2) is 12.1 Å². The van der Waals surface area contributed by atoms with E-state index in [1.54, 1.807) is 11.3 Å². The summed E-state index contributed by atoms with van der Waals surface area (Å²) in [6.45, 7) is 2.85. The zero-order valence-corrected chi connectivity index (χ0v) is 14.4. The fraction of sp³-hybridized carbons (Fsp3) is 0.688. The van der Waals surface area contributed by atoms with Crippen LogP contribution in [0.25, 0.3) is 0 Å². The standard InChI is InChI=1S/C16H24N2OS.ClH/c1-11-7-8-13(20-11)10-18(2)16(19)15-9-12-5-3-4-6-14(12)17-15;/h7-8,12,14-15,17H,3-6,9-10H2,1-2H3;1H. The Morgan fingerprint density at radius 2 is 2.14 bits per heavy atom. The third-order valence-corrected chi connectivity index (χ3v) is 5.71. The maximum Gasteiger partial charge on any atom is 0.239 e. The Balaban J connectivity index is 0.00000161. The van der Waals surface area contributed by atoms with Crippen molar-refractivity contribution in [3.8, 4) is 0 Å². The molecule has 1 aliphatic carbocycles. The SMILES string of the molecule is Cc1ccc(CN(C)C(=O)C2CC3CCCCC3N2)s1.Cl. The predicted molar refractivity (Wildman–Crippen MR) is 90.1 cm³/mol. The normalized spacial score (nSPS) is 27.8. The van der Waals surface area contributed by atoms with Crippen molar-refractivity contribution in [1.29, 1.82) is 0 Å². The molecule has 0 bridgehead atoms. The molecule has 5 heteroatoms. The van der Waals surface area contributed by atoms with Crippen LogP contribution in [0.2, 0.25) is 0 Å². The fourth-order valence-corrected chi connectivity index (χ4v) is 4.60. The molecule has 118 valence electrons. The molecule has 1 saturated carbocycles. The molecule has 3 atom stereocenters. The van der Waals surface area contributed by atoms with Crippen LogP contribution < -0.4 is 5.32 Å². The molecule has 21 heavy (non-hydrogen) atoms. The van der Waals surface area contributed by atoms with Crippen molar-refractivity contribution in [3.63, 3.8) is 0 Å². The van der Waals surface area contributed by atoms with Gasteiger partial charge in [-0.1, -0.05) is 12.8 Å². The van der Waals surface area contributed by atoms with Crippen LogP contribution in [0.4, 0.5) is 0 Å². The van der Waals surface area contributed by atoms with Gasteiger partial charge in [0, 0.05) is 22.8 Å². The lowest BCUT2D eigenvalue weighted by molar-refractivity contribution is -0.132. The topological polar surface area (TPSA) is 32.3 Å². The molecular formula is C16H25ClN2OS. The molecule has 2 aliphatic rings. The van der Waals surface area contributed by atoms with E-state index in [0.29, 0.717) is 6.04 Å². The zero-order chi connectivity index (χ0) is 14.1. The summed E-state index contributed by atoms with van der Waals surface area (Å²) in [7, 11) is 1.93. The molecule has 1 amide bonds. The van der Waals surface area contributed by atoms with Crippen molar-refractivity contribution in [2.45, 2.75) is 57.7 Å². The lowest BCUT2D eigenvalue weighted by Crippen LogP contribution is -2.43. The average Bonchev–Trinajstić information content (AvgIpc) is 3.03. The maximum atomic E-state index is 12.6. The smallest absolute Gasteiger partial charge is 0.239 e. The Hall–Kier alpha value is -0.580. The number of carbonyl (C=O) groups is 1. The van der Waals surface area contributed by atoms with Gasteiger partial charge in [0.05, 0.1) is 12.6 Å². The molecule has 2 fully saturated rings. The maximum absolute atomic E-state index is 12.6. The second-order valence-electron chi connectivity index (χ2n) is 6.31. The summed E-state index contributed by atoms with van der Waals surface area (Å²) in [5, 5.41) is 3.58. The van der Waals surface area contributed by atoms with Crippen molar-refractivity contribution in [2.24, 2.45) is 5.92 Å². The van der Waals surface area contributed by atoms with Gasteiger partial charge in [0.15, 0.2) is 0 Å². The van der Waals surface area contributed by atoms with Crippen LogP contribution in [0.1, 0.15) is 41.9 Å². The Kier molecular flexibility index (Phi) is 5.69. The molecular weight excluding hydrogens is 304 g/mol. The molecule has 3 rings (SSSR count). The molecule has 1 N–H and O–H groups in total. The minimum atomic E-state index is 0. The number of rotatable bonds is 3. The van der Waals surface area contributed by atoms with E-state index in [9.17, 15) is 4.79 Å². The molecule has 3 unspecified atom stereocenters. The lowest BCUT2D eigenvalue weighted by atomic mass is 9.85. The number of hydrogen-bond donors (Lipinski definition) is 1. The van der Waals surface area contributed by atoms with E-state index in [4.69, 9.17) is 0 Å². The van der Waals surface area contributed by atoms with Gasteiger partial charge < -0.3 is 10.2 Å². The van der Waals surface area contributed by atoms with Gasteiger partial charge in [-0.2, -0.15) is 0 Å². The number of hydrogen-bond acceptors (Lipinski definition) is 3. The molecule has 2 heterocycles. The van der Waals surface area contributed by atoms with Crippen LogP contribution in [0.5, 0.6) is 0 Å². The number of halogens is 1. The van der Waals surface area contributed by atoms with Crippen LogP contribution in [0.3, 0.4) is 0 Å². The van der Waals surface area contributed by atoms with E-state index in [0.717, 1.165) is 18.9 Å². The highest BCUT2D eigenvalue weighted by atomic mass is 35.5. The van der Waals surface area contributed by atoms with Gasteiger partial charge in [0.25, 0.3) is 0 Å². The van der Waals surface area contributed by atoms with Crippen molar-refractivity contribution in [3.05, 3.63) is 21.9 Å². The molecule has 1 aromatic rings. The monoisotopic (exact) mass is 328 g/mol. The van der Waals surface area contributed by atoms with E-state index >= 15 is 0 Å². The molecule has 1 aliphatic heterocycles. The molecule has 3 nitrogen and oxygen atoms in total. The highest BCUT2D eigenvalue weighted by molar-refractivity contribution is 7.11. The minimum Gasteiger partial charge on any atom is -0.339 e. The van der Waals surface area contributed by atoms with Crippen molar-refractivity contribution in [2.75, 3.05) is 7.05 Å². The van der Waals surface area contributed by atoms with E-state index in [1.165, 1.54) is 35.4 Å². The Morgan fingerprint density at radius 3 is 2.81 bits per heavy atom. The Bertz CT molecular complexity index is 476. The average molecular weight is 329 g/mol. The summed E-state index contributed by atoms with van der Waals surface area (Å²) in [4.78, 5) is 17.0. The second kappa shape index (κ2) is 7.12. The van der Waals surface area contributed by atoms with E-state index < -0.39 is 0 Å². The van der Waals surface area contributed by atoms with Crippen LogP contribution in [-0.4, -0.2) is 29.9 Å².